The van der Waals surface area contributed by atoms with Gasteiger partial charge in [-0.25, -0.2) is 0 Å². The molecule has 2 aromatic rings. The van der Waals surface area contributed by atoms with Crippen molar-refractivity contribution in [2.75, 3.05) is 5.32 Å². The molecule has 0 unspecified atom stereocenters. The number of hydrogen-bond acceptors (Lipinski definition) is 3. The van der Waals surface area contributed by atoms with Gasteiger partial charge in [0.05, 0.1) is 18.5 Å². The van der Waals surface area contributed by atoms with Gasteiger partial charge in [-0.05, 0) is 36.8 Å². The molecule has 4 nitrogen and oxygen atoms in total. The fourth-order valence-corrected chi connectivity index (χ4v) is 2.03. The summed E-state index contributed by atoms with van der Waals surface area (Å²) in [4.78, 5) is 16.0. The average molecular weight is 277 g/mol. The second-order valence-electron chi connectivity index (χ2n) is 4.16. The van der Waals surface area contributed by atoms with Crippen molar-refractivity contribution < 1.29 is 9.90 Å². The topological polar surface area (TPSA) is 62.2 Å². The molecule has 19 heavy (non-hydrogen) atoms. The molecular weight excluding hydrogens is 264 g/mol. The minimum Gasteiger partial charge on any atom is -0.392 e. The van der Waals surface area contributed by atoms with Gasteiger partial charge in [0.25, 0.3) is 5.91 Å². The summed E-state index contributed by atoms with van der Waals surface area (Å²) in [6.07, 6.45) is 3.06. The van der Waals surface area contributed by atoms with Gasteiger partial charge in [0.1, 0.15) is 0 Å². The highest BCUT2D eigenvalue weighted by Crippen LogP contribution is 2.18. The zero-order chi connectivity index (χ0) is 13.8. The second-order valence-corrected chi connectivity index (χ2v) is 4.60. The van der Waals surface area contributed by atoms with Crippen LogP contribution in [0.15, 0.2) is 36.7 Å². The maximum atomic E-state index is 12.1. The number of carbonyl (C=O) groups excluding carboxylic acids is 1. The summed E-state index contributed by atoms with van der Waals surface area (Å²) in [6, 6.07) is 6.77. The van der Waals surface area contributed by atoms with Gasteiger partial charge in [-0.2, -0.15) is 0 Å². The van der Waals surface area contributed by atoms with Crippen molar-refractivity contribution in [1.29, 1.82) is 0 Å². The minimum atomic E-state index is -0.284. The molecule has 0 aliphatic rings. The van der Waals surface area contributed by atoms with Crippen LogP contribution in [-0.4, -0.2) is 16.0 Å². The van der Waals surface area contributed by atoms with E-state index in [0.717, 1.165) is 5.56 Å². The molecule has 98 valence electrons. The van der Waals surface area contributed by atoms with E-state index in [1.54, 1.807) is 30.5 Å². The van der Waals surface area contributed by atoms with Crippen molar-refractivity contribution in [2.45, 2.75) is 13.5 Å². The predicted molar refractivity (Wildman–Crippen MR) is 74.3 cm³/mol. The van der Waals surface area contributed by atoms with Gasteiger partial charge in [-0.3, -0.25) is 9.78 Å². The maximum absolute atomic E-state index is 12.1. The molecule has 2 rings (SSSR count). The lowest BCUT2D eigenvalue weighted by molar-refractivity contribution is 0.102. The third kappa shape index (κ3) is 3.30. The lowest BCUT2D eigenvalue weighted by Crippen LogP contribution is -2.13. The third-order valence-corrected chi connectivity index (χ3v) is 2.85. The number of aromatic nitrogens is 1. The summed E-state index contributed by atoms with van der Waals surface area (Å²) in [5.74, 6) is -0.284. The van der Waals surface area contributed by atoms with E-state index >= 15 is 0 Å². The molecule has 0 radical (unpaired) electrons. The van der Waals surface area contributed by atoms with Gasteiger partial charge >= 0.3 is 0 Å². The Bertz CT molecular complexity index is 594. The first kappa shape index (κ1) is 13.5. The zero-order valence-corrected chi connectivity index (χ0v) is 11.1. The molecule has 0 saturated carbocycles. The Hall–Kier alpha value is -1.91. The number of nitrogens with zero attached hydrogens (tertiary/aromatic N) is 1. The molecule has 0 bridgehead atoms. The molecule has 1 heterocycles. The van der Waals surface area contributed by atoms with Crippen molar-refractivity contribution >= 4 is 23.2 Å². The Kier molecular flexibility index (Phi) is 4.14. The van der Waals surface area contributed by atoms with Crippen molar-refractivity contribution in [3.8, 4) is 0 Å². The Labute approximate surface area is 116 Å². The molecule has 1 aromatic heterocycles. The molecular formula is C14H13ClN2O2. The summed E-state index contributed by atoms with van der Waals surface area (Å²) >= 11 is 5.92. The number of benzene rings is 1. The van der Waals surface area contributed by atoms with Crippen LogP contribution in [0.3, 0.4) is 0 Å². The second kappa shape index (κ2) is 5.82. The Morgan fingerprint density at radius 1 is 1.42 bits per heavy atom. The molecule has 1 amide bonds. The number of aliphatic hydroxyl groups is 1. The van der Waals surface area contributed by atoms with E-state index in [9.17, 15) is 9.90 Å². The Morgan fingerprint density at radius 2 is 2.21 bits per heavy atom. The van der Waals surface area contributed by atoms with Crippen LogP contribution in [0.2, 0.25) is 5.02 Å². The number of aliphatic hydroxyl groups excluding tert-OH is 1. The Balaban J connectivity index is 2.25. The molecule has 0 atom stereocenters. The molecule has 0 aliphatic heterocycles. The molecule has 0 fully saturated rings. The zero-order valence-electron chi connectivity index (χ0n) is 10.4. The number of nitrogens with one attached hydrogen (secondary N) is 1. The van der Waals surface area contributed by atoms with Crippen molar-refractivity contribution in [3.05, 3.63) is 58.4 Å². The van der Waals surface area contributed by atoms with E-state index < -0.39 is 0 Å². The van der Waals surface area contributed by atoms with Gasteiger partial charge in [-0.1, -0.05) is 11.6 Å². The van der Waals surface area contributed by atoms with E-state index in [-0.39, 0.29) is 12.5 Å². The lowest BCUT2D eigenvalue weighted by Gasteiger charge is -2.09. The van der Waals surface area contributed by atoms with Gasteiger partial charge in [0.2, 0.25) is 0 Å². The summed E-state index contributed by atoms with van der Waals surface area (Å²) < 4.78 is 0. The van der Waals surface area contributed by atoms with Crippen LogP contribution in [0.1, 0.15) is 21.5 Å². The molecule has 2 N–H and O–H groups in total. The van der Waals surface area contributed by atoms with Gasteiger partial charge < -0.3 is 10.4 Å². The van der Waals surface area contributed by atoms with Crippen LogP contribution in [0.4, 0.5) is 5.69 Å². The van der Waals surface area contributed by atoms with Crippen LogP contribution in [-0.2, 0) is 6.61 Å². The quantitative estimate of drug-likeness (QED) is 0.906. The normalized spacial score (nSPS) is 10.3. The first-order chi connectivity index (χ1) is 9.10. The van der Waals surface area contributed by atoms with E-state index in [4.69, 9.17) is 11.6 Å². The van der Waals surface area contributed by atoms with Gasteiger partial charge in [-0.15, -0.1) is 0 Å². The first-order valence-corrected chi connectivity index (χ1v) is 6.10. The first-order valence-electron chi connectivity index (χ1n) is 5.72. The smallest absolute Gasteiger partial charge is 0.255 e. The van der Waals surface area contributed by atoms with Crippen LogP contribution in [0, 0.1) is 6.92 Å². The highest BCUT2D eigenvalue weighted by Gasteiger charge is 2.10. The fourth-order valence-electron chi connectivity index (χ4n) is 1.74. The highest BCUT2D eigenvalue weighted by atomic mass is 35.5. The summed E-state index contributed by atoms with van der Waals surface area (Å²) in [5, 5.41) is 12.4. The number of carbonyl (C=O) groups is 1. The van der Waals surface area contributed by atoms with Crippen LogP contribution in [0.5, 0.6) is 0 Å². The van der Waals surface area contributed by atoms with E-state index in [0.29, 0.717) is 21.8 Å². The van der Waals surface area contributed by atoms with Crippen molar-refractivity contribution in [2.24, 2.45) is 0 Å². The molecule has 1 aromatic carbocycles. The summed E-state index contributed by atoms with van der Waals surface area (Å²) in [6.45, 7) is 1.71. The number of hydrogen-bond donors (Lipinski definition) is 2. The molecule has 0 aliphatic carbocycles. The summed E-state index contributed by atoms with van der Waals surface area (Å²) in [5.41, 5.74) is 2.48. The number of halogens is 1. The number of rotatable bonds is 3. The van der Waals surface area contributed by atoms with Gasteiger partial charge in [0, 0.05) is 22.3 Å². The maximum Gasteiger partial charge on any atom is 0.255 e. The van der Waals surface area contributed by atoms with E-state index in [1.807, 2.05) is 6.92 Å². The SMILES string of the molecule is Cc1cc(Cl)cc(C(=O)Nc2cnccc2CO)c1. The van der Waals surface area contributed by atoms with Crippen LogP contribution in [0.25, 0.3) is 0 Å². The summed E-state index contributed by atoms with van der Waals surface area (Å²) in [7, 11) is 0. The largest absolute Gasteiger partial charge is 0.392 e. The predicted octanol–water partition coefficient (Wildman–Crippen LogP) is 2.79. The molecule has 5 heteroatoms. The highest BCUT2D eigenvalue weighted by molar-refractivity contribution is 6.31. The number of aryl methyl sites for hydroxylation is 1. The minimum absolute atomic E-state index is 0.160. The van der Waals surface area contributed by atoms with E-state index in [1.165, 1.54) is 6.20 Å². The molecule has 0 saturated heterocycles. The Morgan fingerprint density at radius 3 is 2.89 bits per heavy atom. The third-order valence-electron chi connectivity index (χ3n) is 2.63. The van der Waals surface area contributed by atoms with Crippen molar-refractivity contribution in [1.82, 2.24) is 4.98 Å². The standard InChI is InChI=1S/C14H13ClN2O2/c1-9-4-11(6-12(15)5-9)14(19)17-13-7-16-3-2-10(13)8-18/h2-7,18H,8H2,1H3,(H,17,19). The van der Waals surface area contributed by atoms with Gasteiger partial charge in [0.15, 0.2) is 0 Å². The lowest BCUT2D eigenvalue weighted by atomic mass is 10.1. The number of amides is 1. The van der Waals surface area contributed by atoms with Crippen LogP contribution >= 0.6 is 11.6 Å². The monoisotopic (exact) mass is 276 g/mol. The number of pyridine rings is 1. The van der Waals surface area contributed by atoms with E-state index in [2.05, 4.69) is 10.3 Å². The number of anilines is 1. The van der Waals surface area contributed by atoms with Crippen LogP contribution < -0.4 is 5.32 Å². The average Bonchev–Trinajstić information content (AvgIpc) is 2.38. The fraction of sp³-hybridized carbons (Fsp3) is 0.143. The molecule has 0 spiro atoms. The van der Waals surface area contributed by atoms with Crippen molar-refractivity contribution in [3.63, 3.8) is 0 Å².